The summed E-state index contributed by atoms with van der Waals surface area (Å²) in [6.45, 7) is 6.63. The number of carbonyl (C=O) groups excluding carboxylic acids is 1. The summed E-state index contributed by atoms with van der Waals surface area (Å²) in [6.07, 6.45) is 19.2. The lowest BCUT2D eigenvalue weighted by Gasteiger charge is -2.41. The number of rotatable bonds is 11. The molecule has 0 aromatic rings. The highest BCUT2D eigenvalue weighted by atomic mass is 16.7. The van der Waals surface area contributed by atoms with Crippen molar-refractivity contribution in [2.75, 3.05) is 6.61 Å². The summed E-state index contributed by atoms with van der Waals surface area (Å²) in [5.74, 6) is -1.09. The van der Waals surface area contributed by atoms with Crippen LogP contribution in [0.5, 0.6) is 0 Å². The van der Waals surface area contributed by atoms with Gasteiger partial charge < -0.3 is 19.3 Å². The van der Waals surface area contributed by atoms with Gasteiger partial charge in [-0.2, -0.15) is 0 Å². The molecule has 2 unspecified atom stereocenters. The zero-order valence-electron chi connectivity index (χ0n) is 19.2. The smallest absolute Gasteiger partial charge is 0.308 e. The van der Waals surface area contributed by atoms with Crippen LogP contribution in [0.3, 0.4) is 0 Å². The highest BCUT2D eigenvalue weighted by Crippen LogP contribution is 2.47. The molecular weight excluding hydrogens is 392 g/mol. The van der Waals surface area contributed by atoms with Crippen molar-refractivity contribution in [2.45, 2.75) is 114 Å². The molecule has 0 aromatic carbocycles. The molecule has 3 atom stereocenters. The Bertz CT molecular complexity index is 651. The van der Waals surface area contributed by atoms with Gasteiger partial charge in [0.15, 0.2) is 5.79 Å². The van der Waals surface area contributed by atoms with E-state index in [0.717, 1.165) is 24.8 Å². The fourth-order valence-electron chi connectivity index (χ4n) is 4.84. The molecule has 2 aliphatic heterocycles. The Kier molecular flexibility index (Phi) is 8.94. The number of aliphatic hydroxyl groups is 1. The van der Waals surface area contributed by atoms with Crippen molar-refractivity contribution in [3.05, 3.63) is 36.5 Å². The van der Waals surface area contributed by atoms with Crippen molar-refractivity contribution in [1.82, 2.24) is 0 Å². The van der Waals surface area contributed by atoms with Crippen LogP contribution in [0.4, 0.5) is 0 Å². The average Bonchev–Trinajstić information content (AvgIpc) is 3.05. The van der Waals surface area contributed by atoms with E-state index in [0.29, 0.717) is 25.9 Å². The van der Waals surface area contributed by atoms with Crippen molar-refractivity contribution in [3.8, 4) is 0 Å². The quantitative estimate of drug-likeness (QED) is 0.344. The lowest BCUT2D eigenvalue weighted by Crippen LogP contribution is -2.48. The molecule has 3 aliphatic rings. The van der Waals surface area contributed by atoms with Gasteiger partial charge in [-0.05, 0) is 30.6 Å². The number of hydrogen-bond donors (Lipinski definition) is 1. The number of aliphatic hydroxyl groups excluding tert-OH is 1. The Labute approximate surface area is 187 Å². The molecule has 1 aliphatic carbocycles. The number of carbonyl (C=O) groups is 1. The van der Waals surface area contributed by atoms with Gasteiger partial charge in [0.1, 0.15) is 5.60 Å². The minimum Gasteiger partial charge on any atom is -0.466 e. The third kappa shape index (κ3) is 7.30. The molecular formula is C26H40O5. The first kappa shape index (κ1) is 24.2. The molecule has 0 radical (unpaired) electrons. The molecule has 174 valence electrons. The van der Waals surface area contributed by atoms with Crippen LogP contribution < -0.4 is 0 Å². The molecule has 3 rings (SSSR count). The third-order valence-corrected chi connectivity index (χ3v) is 6.55. The maximum Gasteiger partial charge on any atom is 0.308 e. The van der Waals surface area contributed by atoms with Gasteiger partial charge in [0.2, 0.25) is 0 Å². The minimum absolute atomic E-state index is 0.161. The summed E-state index contributed by atoms with van der Waals surface area (Å²) >= 11 is 0. The molecule has 5 nitrogen and oxygen atoms in total. The monoisotopic (exact) mass is 432 g/mol. The van der Waals surface area contributed by atoms with Gasteiger partial charge in [0.05, 0.1) is 25.2 Å². The highest BCUT2D eigenvalue weighted by Gasteiger charge is 2.52. The fourth-order valence-corrected chi connectivity index (χ4v) is 4.84. The summed E-state index contributed by atoms with van der Waals surface area (Å²) in [7, 11) is 0. The van der Waals surface area contributed by atoms with Crippen molar-refractivity contribution >= 4 is 5.97 Å². The molecule has 2 fully saturated rings. The maximum atomic E-state index is 12.3. The number of esters is 1. The molecule has 5 heteroatoms. The number of ether oxygens (including phenoxy) is 3. The number of unbranched alkanes of at least 4 members (excludes halogenated alkanes) is 7. The van der Waals surface area contributed by atoms with Crippen molar-refractivity contribution in [3.63, 3.8) is 0 Å². The van der Waals surface area contributed by atoms with Crippen LogP contribution in [0.1, 0.15) is 90.4 Å². The zero-order valence-corrected chi connectivity index (χ0v) is 19.2. The molecule has 2 spiro atoms. The second-order valence-electron chi connectivity index (χ2n) is 9.44. The van der Waals surface area contributed by atoms with Crippen LogP contribution in [-0.2, 0) is 19.0 Å². The normalized spacial score (nSPS) is 29.2. The SMILES string of the molecule is C=C1C=CC2(C=C1)CC[C@@]1(CC(O)CC(CC(=O)OCCCCCCCCCC)O1)O2. The Hall–Kier alpha value is -1.43. The van der Waals surface area contributed by atoms with Crippen LogP contribution in [0, 0.1) is 0 Å². The van der Waals surface area contributed by atoms with E-state index in [2.05, 4.69) is 13.5 Å². The highest BCUT2D eigenvalue weighted by molar-refractivity contribution is 5.70. The van der Waals surface area contributed by atoms with Crippen LogP contribution in [-0.4, -0.2) is 41.3 Å². The first-order chi connectivity index (χ1) is 14.9. The van der Waals surface area contributed by atoms with Gasteiger partial charge in [-0.1, -0.05) is 70.6 Å². The van der Waals surface area contributed by atoms with E-state index in [1.54, 1.807) is 0 Å². The molecule has 31 heavy (non-hydrogen) atoms. The summed E-state index contributed by atoms with van der Waals surface area (Å²) < 4.78 is 18.0. The lowest BCUT2D eigenvalue weighted by atomic mass is 9.91. The first-order valence-corrected chi connectivity index (χ1v) is 12.2. The second-order valence-corrected chi connectivity index (χ2v) is 9.44. The third-order valence-electron chi connectivity index (χ3n) is 6.55. The minimum atomic E-state index is -0.840. The molecule has 1 N–H and O–H groups in total. The first-order valence-electron chi connectivity index (χ1n) is 12.2. The van der Waals surface area contributed by atoms with Gasteiger partial charge in [0, 0.05) is 19.3 Å². The van der Waals surface area contributed by atoms with Crippen LogP contribution >= 0.6 is 0 Å². The summed E-state index contributed by atoms with van der Waals surface area (Å²) in [5.41, 5.74) is 0.441. The van der Waals surface area contributed by atoms with Gasteiger partial charge in [0.25, 0.3) is 0 Å². The molecule has 0 saturated carbocycles. The van der Waals surface area contributed by atoms with Gasteiger partial charge >= 0.3 is 5.97 Å². The van der Waals surface area contributed by atoms with E-state index in [1.807, 2.05) is 24.3 Å². The van der Waals surface area contributed by atoms with E-state index in [-0.39, 0.29) is 18.5 Å². The van der Waals surface area contributed by atoms with E-state index in [1.165, 1.54) is 38.5 Å². The Balaban J connectivity index is 1.37. The standard InChI is InChI=1S/C26H40O5/c1-3-4-5-6-7-8-9-10-17-29-24(28)19-23-18-22(27)20-26(30-23)16-15-25(31-26)13-11-21(2)12-14-25/h11-14,22-23,27H,2-10,15-20H2,1H3/t22?,23?,26-/m0/s1. The molecule has 0 bridgehead atoms. The largest absolute Gasteiger partial charge is 0.466 e. The topological polar surface area (TPSA) is 65.0 Å². The molecule has 0 aromatic heterocycles. The second kappa shape index (κ2) is 11.4. The predicted octanol–water partition coefficient (Wildman–Crippen LogP) is 5.53. The summed E-state index contributed by atoms with van der Waals surface area (Å²) in [5, 5.41) is 10.4. The van der Waals surface area contributed by atoms with E-state index in [4.69, 9.17) is 14.2 Å². The lowest BCUT2D eigenvalue weighted by molar-refractivity contribution is -0.291. The van der Waals surface area contributed by atoms with Crippen molar-refractivity contribution in [1.29, 1.82) is 0 Å². The van der Waals surface area contributed by atoms with Gasteiger partial charge in [-0.25, -0.2) is 0 Å². The number of allylic oxidation sites excluding steroid dienone is 3. The fraction of sp³-hybridized carbons (Fsp3) is 0.731. The Morgan fingerprint density at radius 2 is 1.81 bits per heavy atom. The van der Waals surface area contributed by atoms with Gasteiger partial charge in [-0.3, -0.25) is 4.79 Å². The predicted molar refractivity (Wildman–Crippen MR) is 122 cm³/mol. The average molecular weight is 433 g/mol. The van der Waals surface area contributed by atoms with Crippen molar-refractivity contribution in [2.24, 2.45) is 0 Å². The maximum absolute atomic E-state index is 12.3. The van der Waals surface area contributed by atoms with E-state index >= 15 is 0 Å². The van der Waals surface area contributed by atoms with Crippen LogP contribution in [0.15, 0.2) is 36.5 Å². The van der Waals surface area contributed by atoms with Crippen LogP contribution in [0.2, 0.25) is 0 Å². The van der Waals surface area contributed by atoms with E-state index in [9.17, 15) is 9.90 Å². The van der Waals surface area contributed by atoms with E-state index < -0.39 is 17.5 Å². The Morgan fingerprint density at radius 1 is 1.13 bits per heavy atom. The molecule has 0 amide bonds. The van der Waals surface area contributed by atoms with Crippen LogP contribution in [0.25, 0.3) is 0 Å². The molecule has 2 saturated heterocycles. The Morgan fingerprint density at radius 3 is 2.52 bits per heavy atom. The summed E-state index contributed by atoms with van der Waals surface area (Å²) in [6, 6.07) is 0. The number of hydrogen-bond acceptors (Lipinski definition) is 5. The summed E-state index contributed by atoms with van der Waals surface area (Å²) in [4.78, 5) is 12.3. The zero-order chi connectivity index (χ0) is 22.2. The van der Waals surface area contributed by atoms with Crippen molar-refractivity contribution < 1.29 is 24.1 Å². The molecule has 2 heterocycles. The van der Waals surface area contributed by atoms with Gasteiger partial charge in [-0.15, -0.1) is 0 Å².